The SMILES string of the molecule is Cc1cccc(C(=O)Nc2ccc(CC(NC(=O)c3c(C)cccc3Cl)C(=O)O)cc2C)c1. The highest BCUT2D eigenvalue weighted by molar-refractivity contribution is 6.34. The van der Waals surface area contributed by atoms with Crippen LogP contribution in [0.3, 0.4) is 0 Å². The molecule has 0 radical (unpaired) electrons. The molecule has 0 aromatic heterocycles. The molecule has 0 saturated carbocycles. The van der Waals surface area contributed by atoms with E-state index >= 15 is 0 Å². The minimum Gasteiger partial charge on any atom is -0.480 e. The zero-order valence-corrected chi connectivity index (χ0v) is 19.4. The first-order valence-electron chi connectivity index (χ1n) is 10.4. The van der Waals surface area contributed by atoms with Crippen molar-refractivity contribution in [3.63, 3.8) is 0 Å². The first-order valence-corrected chi connectivity index (χ1v) is 10.8. The van der Waals surface area contributed by atoms with Gasteiger partial charge in [-0.05, 0) is 61.7 Å². The Labute approximate surface area is 197 Å². The maximum absolute atomic E-state index is 12.7. The highest BCUT2D eigenvalue weighted by Gasteiger charge is 2.23. The van der Waals surface area contributed by atoms with Gasteiger partial charge in [-0.25, -0.2) is 4.79 Å². The fourth-order valence-corrected chi connectivity index (χ4v) is 3.87. The lowest BCUT2D eigenvalue weighted by molar-refractivity contribution is -0.139. The van der Waals surface area contributed by atoms with E-state index in [4.69, 9.17) is 11.6 Å². The predicted molar refractivity (Wildman–Crippen MR) is 129 cm³/mol. The molecule has 0 spiro atoms. The van der Waals surface area contributed by atoms with Crippen molar-refractivity contribution in [2.75, 3.05) is 5.32 Å². The van der Waals surface area contributed by atoms with E-state index in [0.717, 1.165) is 11.1 Å². The second kappa shape index (κ2) is 10.3. The largest absolute Gasteiger partial charge is 0.480 e. The molecule has 3 aromatic rings. The van der Waals surface area contributed by atoms with E-state index in [9.17, 15) is 19.5 Å². The van der Waals surface area contributed by atoms with E-state index in [1.807, 2.05) is 26.0 Å². The van der Waals surface area contributed by atoms with Crippen molar-refractivity contribution in [1.29, 1.82) is 0 Å². The molecule has 3 aromatic carbocycles. The number of hydrogen-bond acceptors (Lipinski definition) is 3. The summed E-state index contributed by atoms with van der Waals surface area (Å²) in [6, 6.07) is 16.5. The minimum atomic E-state index is -1.15. The first kappa shape index (κ1) is 24.0. The van der Waals surface area contributed by atoms with E-state index in [1.54, 1.807) is 55.5 Å². The monoisotopic (exact) mass is 464 g/mol. The lowest BCUT2D eigenvalue weighted by Gasteiger charge is -2.17. The zero-order valence-electron chi connectivity index (χ0n) is 18.6. The van der Waals surface area contributed by atoms with Crippen molar-refractivity contribution in [2.45, 2.75) is 33.2 Å². The summed E-state index contributed by atoms with van der Waals surface area (Å²) < 4.78 is 0. The van der Waals surface area contributed by atoms with Gasteiger partial charge in [-0.2, -0.15) is 0 Å². The van der Waals surface area contributed by atoms with Crippen molar-refractivity contribution in [1.82, 2.24) is 5.32 Å². The summed E-state index contributed by atoms with van der Waals surface area (Å²) in [5.74, 6) is -1.91. The molecule has 1 unspecified atom stereocenters. The van der Waals surface area contributed by atoms with E-state index in [1.165, 1.54) is 0 Å². The van der Waals surface area contributed by atoms with Crippen LogP contribution in [0.15, 0.2) is 60.7 Å². The van der Waals surface area contributed by atoms with Crippen LogP contribution in [0.1, 0.15) is 43.0 Å². The highest BCUT2D eigenvalue weighted by Crippen LogP contribution is 2.21. The Bertz CT molecular complexity index is 1200. The smallest absolute Gasteiger partial charge is 0.326 e. The summed E-state index contributed by atoms with van der Waals surface area (Å²) >= 11 is 6.14. The Morgan fingerprint density at radius 3 is 2.27 bits per heavy atom. The van der Waals surface area contributed by atoms with Crippen LogP contribution in [0.25, 0.3) is 0 Å². The number of anilines is 1. The van der Waals surface area contributed by atoms with Gasteiger partial charge in [0.2, 0.25) is 0 Å². The summed E-state index contributed by atoms with van der Waals surface area (Å²) in [4.78, 5) is 37.0. The molecule has 170 valence electrons. The Kier molecular flexibility index (Phi) is 7.51. The maximum atomic E-state index is 12.7. The first-order chi connectivity index (χ1) is 15.7. The standard InChI is InChI=1S/C26H25ClN2O4/c1-15-6-4-8-19(12-15)24(30)28-21-11-10-18(13-17(21)3)14-22(26(32)33)29-25(31)23-16(2)7-5-9-20(23)27/h4-13,22H,14H2,1-3H3,(H,28,30)(H,29,31)(H,32,33). The van der Waals surface area contributed by atoms with Crippen LogP contribution in [0.2, 0.25) is 5.02 Å². The number of carbonyl (C=O) groups is 3. The molecule has 0 aliphatic rings. The molecule has 0 bridgehead atoms. The predicted octanol–water partition coefficient (Wildman–Crippen LogP) is 4.94. The average molecular weight is 465 g/mol. The van der Waals surface area contributed by atoms with Gasteiger partial charge >= 0.3 is 5.97 Å². The molecule has 33 heavy (non-hydrogen) atoms. The third kappa shape index (κ3) is 5.99. The van der Waals surface area contributed by atoms with Crippen LogP contribution in [0.4, 0.5) is 5.69 Å². The van der Waals surface area contributed by atoms with Crippen LogP contribution >= 0.6 is 11.6 Å². The molecular formula is C26H25ClN2O4. The maximum Gasteiger partial charge on any atom is 0.326 e. The molecule has 3 N–H and O–H groups in total. The molecule has 0 aliphatic carbocycles. The van der Waals surface area contributed by atoms with E-state index in [2.05, 4.69) is 10.6 Å². The second-order valence-corrected chi connectivity index (χ2v) is 8.38. The quantitative estimate of drug-likeness (QED) is 0.461. The third-order valence-corrected chi connectivity index (χ3v) is 5.63. The zero-order chi connectivity index (χ0) is 24.1. The van der Waals surface area contributed by atoms with Gasteiger partial charge in [0.15, 0.2) is 0 Å². The van der Waals surface area contributed by atoms with Gasteiger partial charge in [0, 0.05) is 17.7 Å². The number of hydrogen-bond donors (Lipinski definition) is 3. The molecule has 0 saturated heterocycles. The Balaban J connectivity index is 1.73. The number of halogens is 1. The van der Waals surface area contributed by atoms with Crippen molar-refractivity contribution in [3.05, 3.63) is 99.1 Å². The number of rotatable bonds is 7. The minimum absolute atomic E-state index is 0.0809. The lowest BCUT2D eigenvalue weighted by Crippen LogP contribution is -2.42. The van der Waals surface area contributed by atoms with Crippen molar-refractivity contribution in [3.8, 4) is 0 Å². The van der Waals surface area contributed by atoms with Crippen LogP contribution in [-0.4, -0.2) is 28.9 Å². The molecule has 0 heterocycles. The van der Waals surface area contributed by atoms with E-state index in [-0.39, 0.29) is 22.9 Å². The molecule has 7 heteroatoms. The molecule has 6 nitrogen and oxygen atoms in total. The van der Waals surface area contributed by atoms with Gasteiger partial charge in [0.1, 0.15) is 6.04 Å². The number of benzene rings is 3. The molecule has 1 atom stereocenters. The molecule has 0 fully saturated rings. The summed E-state index contributed by atoms with van der Waals surface area (Å²) in [5.41, 5.74) is 4.60. The number of aliphatic carboxylic acids is 1. The lowest BCUT2D eigenvalue weighted by atomic mass is 10.0. The van der Waals surface area contributed by atoms with Crippen molar-refractivity contribution >= 4 is 35.1 Å². The number of nitrogens with one attached hydrogen (secondary N) is 2. The van der Waals surface area contributed by atoms with Gasteiger partial charge in [0.05, 0.1) is 10.6 Å². The van der Waals surface area contributed by atoms with Crippen molar-refractivity contribution < 1.29 is 19.5 Å². The number of carboxylic acids is 1. The van der Waals surface area contributed by atoms with Crippen LogP contribution in [0, 0.1) is 20.8 Å². The summed E-state index contributed by atoms with van der Waals surface area (Å²) in [6.07, 6.45) is 0.0809. The van der Waals surface area contributed by atoms with Crippen LogP contribution < -0.4 is 10.6 Å². The summed E-state index contributed by atoms with van der Waals surface area (Å²) in [7, 11) is 0. The average Bonchev–Trinajstić information content (AvgIpc) is 2.75. The van der Waals surface area contributed by atoms with Gasteiger partial charge < -0.3 is 15.7 Å². The number of carbonyl (C=O) groups excluding carboxylic acids is 2. The van der Waals surface area contributed by atoms with E-state index < -0.39 is 17.9 Å². The second-order valence-electron chi connectivity index (χ2n) is 7.97. The third-order valence-electron chi connectivity index (χ3n) is 5.31. The molecular weight excluding hydrogens is 440 g/mol. The van der Waals surface area contributed by atoms with Gasteiger partial charge in [0.25, 0.3) is 11.8 Å². The Morgan fingerprint density at radius 1 is 0.909 bits per heavy atom. The molecule has 3 rings (SSSR count). The highest BCUT2D eigenvalue weighted by atomic mass is 35.5. The molecule has 2 amide bonds. The van der Waals surface area contributed by atoms with Crippen molar-refractivity contribution in [2.24, 2.45) is 0 Å². The van der Waals surface area contributed by atoms with Gasteiger partial charge in [-0.3, -0.25) is 9.59 Å². The van der Waals surface area contributed by atoms with Gasteiger partial charge in [-0.15, -0.1) is 0 Å². The Hall–Kier alpha value is -3.64. The molecule has 0 aliphatic heterocycles. The normalized spacial score (nSPS) is 11.5. The topological polar surface area (TPSA) is 95.5 Å². The fourth-order valence-electron chi connectivity index (χ4n) is 3.56. The number of carboxylic acid groups (broad SMARTS) is 1. The fraction of sp³-hybridized carbons (Fsp3) is 0.192. The van der Waals surface area contributed by atoms with Crippen LogP contribution in [0.5, 0.6) is 0 Å². The number of amides is 2. The van der Waals surface area contributed by atoms with E-state index in [0.29, 0.717) is 22.4 Å². The summed E-state index contributed by atoms with van der Waals surface area (Å²) in [6.45, 7) is 5.49. The summed E-state index contributed by atoms with van der Waals surface area (Å²) in [5, 5.41) is 15.4. The van der Waals surface area contributed by atoms with Crippen LogP contribution in [-0.2, 0) is 11.2 Å². The number of aryl methyl sites for hydroxylation is 3. The Morgan fingerprint density at radius 2 is 1.64 bits per heavy atom. The van der Waals surface area contributed by atoms with Gasteiger partial charge in [-0.1, -0.05) is 53.6 Å².